The van der Waals surface area contributed by atoms with Gasteiger partial charge in [0.2, 0.25) is 15.9 Å². The van der Waals surface area contributed by atoms with Gasteiger partial charge in [0.15, 0.2) is 0 Å². The number of ether oxygens (including phenoxy) is 1. The molecule has 1 aromatic carbocycles. The van der Waals surface area contributed by atoms with Crippen LogP contribution in [0.25, 0.3) is 0 Å². The van der Waals surface area contributed by atoms with Crippen LogP contribution in [-0.2, 0) is 14.8 Å². The lowest BCUT2D eigenvalue weighted by Crippen LogP contribution is -2.50. The van der Waals surface area contributed by atoms with Crippen molar-refractivity contribution in [2.75, 3.05) is 26.7 Å². The van der Waals surface area contributed by atoms with Crippen molar-refractivity contribution in [1.82, 2.24) is 9.21 Å². The highest BCUT2D eigenvalue weighted by Crippen LogP contribution is 2.34. The van der Waals surface area contributed by atoms with Crippen LogP contribution in [0.4, 0.5) is 0 Å². The van der Waals surface area contributed by atoms with E-state index >= 15 is 0 Å². The summed E-state index contributed by atoms with van der Waals surface area (Å²) in [6, 6.07) is 3.91. The average Bonchev–Trinajstić information content (AvgIpc) is 2.72. The Bertz CT molecular complexity index is 990. The Kier molecular flexibility index (Phi) is 8.34. The predicted molar refractivity (Wildman–Crippen MR) is 122 cm³/mol. The van der Waals surface area contributed by atoms with E-state index in [1.807, 2.05) is 6.92 Å². The predicted octanol–water partition coefficient (Wildman–Crippen LogP) is 1.45. The molecule has 0 bridgehead atoms. The molecule has 0 radical (unpaired) electrons. The Morgan fingerprint density at radius 2 is 2.06 bits per heavy atom. The number of benzene rings is 1. The maximum Gasteiger partial charge on any atom is 0.247 e. The smallest absolute Gasteiger partial charge is 0.247 e. The number of hydrogen-bond acceptors (Lipinski definition) is 6. The fourth-order valence-corrected chi connectivity index (χ4v) is 5.21. The number of aliphatic hydroxyl groups is 2. The van der Waals surface area contributed by atoms with Gasteiger partial charge in [0, 0.05) is 37.5 Å². The number of fused-ring (bicyclic) bond motifs is 1. The van der Waals surface area contributed by atoms with E-state index in [-0.39, 0.29) is 42.2 Å². The first kappa shape index (κ1) is 26.1. The number of sulfonamides is 1. The van der Waals surface area contributed by atoms with Gasteiger partial charge in [-0.25, -0.2) is 8.42 Å². The Morgan fingerprint density at radius 1 is 1.41 bits per heavy atom. The standard InChI is InChI=1S/C23H34N2O6S/c1-7-22(27)24(6)14-20-16(2)13-25(17(3)15-26)32(29,30)21-9-8-18(12-19(21)31-20)10-11-23(4,5)28/h8-9,12,16-17,20,26,28H,7,13-15H2,1-6H3/t16-,17-,20-/m1/s1. The summed E-state index contributed by atoms with van der Waals surface area (Å²) in [6.45, 7) is 8.51. The molecule has 3 atom stereocenters. The highest BCUT2D eigenvalue weighted by atomic mass is 32.2. The van der Waals surface area contributed by atoms with Gasteiger partial charge in [0.25, 0.3) is 0 Å². The summed E-state index contributed by atoms with van der Waals surface area (Å²) in [6.07, 6.45) is -0.122. The van der Waals surface area contributed by atoms with Gasteiger partial charge in [-0.05, 0) is 39.0 Å². The van der Waals surface area contributed by atoms with E-state index in [0.29, 0.717) is 12.0 Å². The van der Waals surface area contributed by atoms with Crippen LogP contribution in [-0.4, -0.2) is 78.2 Å². The SMILES string of the molecule is CCC(=O)N(C)C[C@H]1Oc2cc(C#CC(C)(C)O)ccc2S(=O)(=O)N([C@H](C)CO)C[C@H]1C. The lowest BCUT2D eigenvalue weighted by molar-refractivity contribution is -0.131. The van der Waals surface area contributed by atoms with Gasteiger partial charge in [-0.2, -0.15) is 4.31 Å². The van der Waals surface area contributed by atoms with Gasteiger partial charge in [-0.3, -0.25) is 4.79 Å². The Morgan fingerprint density at radius 3 is 2.62 bits per heavy atom. The number of likely N-dealkylation sites (N-methyl/N-ethyl adjacent to an activating group) is 1. The number of nitrogens with zero attached hydrogens (tertiary/aromatic N) is 2. The summed E-state index contributed by atoms with van der Waals surface area (Å²) >= 11 is 0. The molecular formula is C23H34N2O6S. The number of amides is 1. The maximum atomic E-state index is 13.4. The molecule has 0 aliphatic carbocycles. The van der Waals surface area contributed by atoms with E-state index in [1.165, 1.54) is 10.4 Å². The monoisotopic (exact) mass is 466 g/mol. The summed E-state index contributed by atoms with van der Waals surface area (Å²) < 4.78 is 34.3. The second-order valence-electron chi connectivity index (χ2n) is 8.84. The summed E-state index contributed by atoms with van der Waals surface area (Å²) in [5.74, 6) is 5.39. The van der Waals surface area contributed by atoms with Crippen molar-refractivity contribution in [2.24, 2.45) is 5.92 Å². The first-order valence-corrected chi connectivity index (χ1v) is 12.2. The van der Waals surface area contributed by atoms with E-state index in [0.717, 1.165) is 0 Å². The first-order valence-electron chi connectivity index (χ1n) is 10.7. The van der Waals surface area contributed by atoms with Crippen LogP contribution in [0, 0.1) is 17.8 Å². The van der Waals surface area contributed by atoms with Gasteiger partial charge in [-0.1, -0.05) is 25.7 Å². The van der Waals surface area contributed by atoms with Crippen LogP contribution in [0.15, 0.2) is 23.1 Å². The molecule has 2 N–H and O–H groups in total. The van der Waals surface area contributed by atoms with Crippen LogP contribution in [0.5, 0.6) is 5.75 Å². The van der Waals surface area contributed by atoms with Gasteiger partial charge < -0.3 is 19.8 Å². The molecule has 8 nitrogen and oxygen atoms in total. The molecule has 178 valence electrons. The molecule has 1 heterocycles. The number of rotatable bonds is 5. The molecule has 9 heteroatoms. The number of carbonyl (C=O) groups excluding carboxylic acids is 1. The molecule has 1 aliphatic heterocycles. The van der Waals surface area contributed by atoms with Crippen molar-refractivity contribution in [3.8, 4) is 17.6 Å². The first-order chi connectivity index (χ1) is 14.8. The molecule has 0 spiro atoms. The second kappa shape index (κ2) is 10.2. The number of hydrogen-bond donors (Lipinski definition) is 2. The minimum Gasteiger partial charge on any atom is -0.487 e. The van der Waals surface area contributed by atoms with Gasteiger partial charge in [-0.15, -0.1) is 0 Å². The molecule has 2 rings (SSSR count). The van der Waals surface area contributed by atoms with Crippen molar-refractivity contribution in [3.05, 3.63) is 23.8 Å². The molecule has 1 aromatic rings. The average molecular weight is 467 g/mol. The van der Waals surface area contributed by atoms with Crippen molar-refractivity contribution < 1.29 is 28.2 Å². The minimum absolute atomic E-state index is 0.0204. The second-order valence-corrected chi connectivity index (χ2v) is 10.7. The summed E-state index contributed by atoms with van der Waals surface area (Å²) in [5.41, 5.74) is -0.710. The lowest BCUT2D eigenvalue weighted by atomic mass is 10.0. The number of carbonyl (C=O) groups is 1. The van der Waals surface area contributed by atoms with E-state index < -0.39 is 27.8 Å². The molecule has 0 saturated heterocycles. The Hall–Kier alpha value is -2.12. The van der Waals surface area contributed by atoms with E-state index in [9.17, 15) is 23.4 Å². The van der Waals surface area contributed by atoms with Crippen LogP contribution < -0.4 is 4.74 Å². The van der Waals surface area contributed by atoms with Crippen LogP contribution in [0.1, 0.15) is 46.6 Å². The summed E-state index contributed by atoms with van der Waals surface area (Å²) in [7, 11) is -2.26. The van der Waals surface area contributed by atoms with Crippen molar-refractivity contribution in [2.45, 2.75) is 63.7 Å². The summed E-state index contributed by atoms with van der Waals surface area (Å²) in [5, 5.41) is 19.6. The van der Waals surface area contributed by atoms with Gasteiger partial charge in [0.1, 0.15) is 22.4 Å². The molecule has 0 unspecified atom stereocenters. The van der Waals surface area contributed by atoms with Crippen molar-refractivity contribution in [1.29, 1.82) is 0 Å². The van der Waals surface area contributed by atoms with Crippen molar-refractivity contribution >= 4 is 15.9 Å². The Balaban J connectivity index is 2.60. The normalized spacial score (nSPS) is 21.8. The fraction of sp³-hybridized carbons (Fsp3) is 0.609. The molecule has 1 amide bonds. The topological polar surface area (TPSA) is 107 Å². The zero-order valence-electron chi connectivity index (χ0n) is 19.6. The van der Waals surface area contributed by atoms with Crippen molar-refractivity contribution in [3.63, 3.8) is 0 Å². The van der Waals surface area contributed by atoms with Gasteiger partial charge in [0.05, 0.1) is 13.2 Å². The number of aliphatic hydroxyl groups excluding tert-OH is 1. The molecular weight excluding hydrogens is 432 g/mol. The quantitative estimate of drug-likeness (QED) is 0.636. The molecule has 32 heavy (non-hydrogen) atoms. The van der Waals surface area contributed by atoms with Crippen LogP contribution in [0.2, 0.25) is 0 Å². The highest BCUT2D eigenvalue weighted by molar-refractivity contribution is 7.89. The van der Waals surface area contributed by atoms with E-state index in [2.05, 4.69) is 11.8 Å². The largest absolute Gasteiger partial charge is 0.487 e. The molecule has 1 aliphatic rings. The maximum absolute atomic E-state index is 13.4. The van der Waals surface area contributed by atoms with E-state index in [4.69, 9.17) is 4.74 Å². The lowest BCUT2D eigenvalue weighted by Gasteiger charge is -2.37. The van der Waals surface area contributed by atoms with Crippen LogP contribution in [0.3, 0.4) is 0 Å². The fourth-order valence-electron chi connectivity index (χ4n) is 3.39. The Labute approximate surface area is 191 Å². The molecule has 0 saturated carbocycles. The third-order valence-electron chi connectivity index (χ3n) is 5.36. The molecule has 0 fully saturated rings. The molecule has 0 aromatic heterocycles. The zero-order valence-corrected chi connectivity index (χ0v) is 20.4. The van der Waals surface area contributed by atoms with E-state index in [1.54, 1.807) is 51.8 Å². The summed E-state index contributed by atoms with van der Waals surface area (Å²) in [4.78, 5) is 13.7. The third-order valence-corrected chi connectivity index (χ3v) is 7.38. The zero-order chi connectivity index (χ0) is 24.3. The third kappa shape index (κ3) is 6.23. The van der Waals surface area contributed by atoms with Gasteiger partial charge >= 0.3 is 0 Å². The van der Waals surface area contributed by atoms with Crippen LogP contribution >= 0.6 is 0 Å². The minimum atomic E-state index is -3.95. The highest BCUT2D eigenvalue weighted by Gasteiger charge is 2.38.